The van der Waals surface area contributed by atoms with E-state index in [0.717, 1.165) is 77.0 Å². The normalized spacial score (nSPS) is 13.1. The first-order chi connectivity index (χ1) is 39.1. The van der Waals surface area contributed by atoms with E-state index in [1.807, 2.05) is 21.1 Å². The fourth-order valence-corrected chi connectivity index (χ4v) is 9.87. The van der Waals surface area contributed by atoms with Gasteiger partial charge in [-0.3, -0.25) is 9.59 Å². The van der Waals surface area contributed by atoms with E-state index in [-0.39, 0.29) is 32.2 Å². The smallest absolute Gasteiger partial charge is 0.361 e. The number of rotatable bonds is 63. The molecular weight excluding hydrogens is 995 g/mol. The third-order valence-corrected chi connectivity index (χ3v) is 15.0. The second kappa shape index (κ2) is 62.0. The molecule has 0 aliphatic heterocycles. The molecule has 0 radical (unpaired) electrons. The number of likely N-dealkylation sites (N-methyl/N-ethyl adjacent to an activating group) is 1. The van der Waals surface area contributed by atoms with Gasteiger partial charge < -0.3 is 28.5 Å². The van der Waals surface area contributed by atoms with E-state index in [2.05, 4.69) is 74.6 Å². The maximum absolute atomic E-state index is 12.9. The average Bonchev–Trinajstić information content (AvgIpc) is 3.43. The summed E-state index contributed by atoms with van der Waals surface area (Å²) in [4.78, 5) is 37.6. The van der Waals surface area contributed by atoms with Crippen molar-refractivity contribution in [3.63, 3.8) is 0 Å². The van der Waals surface area contributed by atoms with Crippen LogP contribution < -0.4 is 0 Å². The zero-order valence-corrected chi connectivity index (χ0v) is 53.2. The number of quaternary nitrogens is 1. The van der Waals surface area contributed by atoms with E-state index in [0.29, 0.717) is 23.9 Å². The molecule has 0 fully saturated rings. The first-order valence-corrected chi connectivity index (χ1v) is 34.0. The van der Waals surface area contributed by atoms with Crippen molar-refractivity contribution in [1.82, 2.24) is 0 Å². The Morgan fingerprint density at radius 2 is 0.713 bits per heavy atom. The number of carbonyl (C=O) groups excluding carboxylic acids is 2. The molecule has 1 N–H and O–H groups in total. The molecule has 0 amide bonds. The van der Waals surface area contributed by atoms with Gasteiger partial charge in [0.1, 0.15) is 13.2 Å². The molecule has 0 rings (SSSR count). The largest absolute Gasteiger partial charge is 0.477 e. The Balaban J connectivity index is 4.09. The van der Waals surface area contributed by atoms with Crippen LogP contribution in [0.15, 0.2) is 60.8 Å². The molecule has 0 saturated heterocycles. The molecule has 9 nitrogen and oxygen atoms in total. The molecule has 0 spiro atoms. The highest BCUT2D eigenvalue weighted by molar-refractivity contribution is 5.71. The van der Waals surface area contributed by atoms with Gasteiger partial charge in [0, 0.05) is 12.8 Å². The van der Waals surface area contributed by atoms with E-state index in [1.54, 1.807) is 0 Å². The Hall–Kier alpha value is -3.01. The van der Waals surface area contributed by atoms with Gasteiger partial charge in [-0.05, 0) is 57.8 Å². The number of hydrogen-bond donors (Lipinski definition) is 1. The van der Waals surface area contributed by atoms with E-state index in [4.69, 9.17) is 18.9 Å². The van der Waals surface area contributed by atoms with Crippen LogP contribution in [0.25, 0.3) is 0 Å². The van der Waals surface area contributed by atoms with E-state index in [1.165, 1.54) is 205 Å². The molecule has 80 heavy (non-hydrogen) atoms. The van der Waals surface area contributed by atoms with Crippen LogP contribution in [0.4, 0.5) is 0 Å². The lowest BCUT2D eigenvalue weighted by Crippen LogP contribution is -2.40. The van der Waals surface area contributed by atoms with Crippen LogP contribution in [0.3, 0.4) is 0 Å². The van der Waals surface area contributed by atoms with Crippen molar-refractivity contribution in [2.75, 3.05) is 47.5 Å². The lowest BCUT2D eigenvalue weighted by atomic mass is 10.0. The Kier molecular flexibility index (Phi) is 59.7. The SMILES string of the molecule is CC/C=C\C/C=C\C/C=C\C/C=C\C/C=C\CCCCCCCCCC(=O)OC(COC(=O)CCCCCCCCCCCCCCCCCCCCCCCCCCCCCCCCCC)COC(OCC[N+](C)(C)C)C(=O)O. The molecule has 0 heterocycles. The summed E-state index contributed by atoms with van der Waals surface area (Å²) >= 11 is 0. The number of hydrogen-bond acceptors (Lipinski definition) is 7. The highest BCUT2D eigenvalue weighted by Gasteiger charge is 2.25. The maximum Gasteiger partial charge on any atom is 0.361 e. The second-order valence-electron chi connectivity index (χ2n) is 24.1. The molecule has 0 aromatic heterocycles. The molecule has 2 atom stereocenters. The van der Waals surface area contributed by atoms with Gasteiger partial charge in [-0.1, -0.05) is 306 Å². The highest BCUT2D eigenvalue weighted by Crippen LogP contribution is 2.18. The Labute approximate surface area is 495 Å². The standard InChI is InChI=1S/C71H129NO8/c1-6-8-10-12-14-16-18-20-22-24-26-28-30-31-32-33-34-35-36-37-38-40-41-43-45-47-49-51-53-55-57-59-61-68(73)78-65-67(66-79-71(70(75)76)77-64-63-72(3,4)5)80-69(74)62-60-58-56-54-52-50-48-46-44-42-39-29-27-25-23-21-19-17-15-13-11-9-7-2/h9,11,15,17,21,23,27,29,42,44,67,71H,6-8,10,12-14,16,18-20,22,24-26,28,30-41,43,45-66H2,1-5H3/p+1/b11-9-,17-15-,23-21-,29-27-,44-42-. The Morgan fingerprint density at radius 1 is 0.388 bits per heavy atom. The number of carboxylic acid groups (broad SMARTS) is 1. The predicted octanol–water partition coefficient (Wildman–Crippen LogP) is 20.7. The number of aliphatic carboxylic acids is 1. The van der Waals surface area contributed by atoms with Crippen LogP contribution in [0.2, 0.25) is 0 Å². The highest BCUT2D eigenvalue weighted by atomic mass is 16.7. The number of unbranched alkanes of at least 4 members (excludes halogenated alkanes) is 38. The Morgan fingerprint density at radius 3 is 1.06 bits per heavy atom. The van der Waals surface area contributed by atoms with Crippen molar-refractivity contribution >= 4 is 17.9 Å². The number of carbonyl (C=O) groups is 3. The van der Waals surface area contributed by atoms with Crippen molar-refractivity contribution in [2.45, 2.75) is 328 Å². The van der Waals surface area contributed by atoms with Crippen molar-refractivity contribution in [3.8, 4) is 0 Å². The minimum absolute atomic E-state index is 0.184. The van der Waals surface area contributed by atoms with Crippen LogP contribution in [-0.4, -0.2) is 87.4 Å². The average molecular weight is 1130 g/mol. The molecular formula is C71H130NO8+. The minimum Gasteiger partial charge on any atom is -0.477 e. The van der Waals surface area contributed by atoms with Gasteiger partial charge in [0.15, 0.2) is 6.10 Å². The molecule has 0 aliphatic rings. The molecule has 0 bridgehead atoms. The summed E-state index contributed by atoms with van der Waals surface area (Å²) in [7, 11) is 5.97. The van der Waals surface area contributed by atoms with Gasteiger partial charge in [-0.2, -0.15) is 0 Å². The predicted molar refractivity (Wildman–Crippen MR) is 341 cm³/mol. The van der Waals surface area contributed by atoms with Gasteiger partial charge >= 0.3 is 17.9 Å². The number of ether oxygens (including phenoxy) is 4. The first kappa shape index (κ1) is 77.0. The maximum atomic E-state index is 12.9. The van der Waals surface area contributed by atoms with Crippen LogP contribution in [0.1, 0.15) is 316 Å². The topological polar surface area (TPSA) is 108 Å². The van der Waals surface area contributed by atoms with Gasteiger partial charge in [-0.15, -0.1) is 0 Å². The van der Waals surface area contributed by atoms with Gasteiger partial charge in [0.05, 0.1) is 34.4 Å². The summed E-state index contributed by atoms with van der Waals surface area (Å²) in [6.45, 7) is 4.79. The monoisotopic (exact) mass is 1120 g/mol. The molecule has 0 aromatic rings. The van der Waals surface area contributed by atoms with Crippen LogP contribution in [-0.2, 0) is 33.3 Å². The molecule has 0 aliphatic carbocycles. The van der Waals surface area contributed by atoms with Gasteiger partial charge in [-0.25, -0.2) is 4.79 Å². The van der Waals surface area contributed by atoms with Crippen LogP contribution in [0, 0.1) is 0 Å². The number of nitrogens with zero attached hydrogens (tertiary/aromatic N) is 1. The number of carboxylic acids is 1. The third kappa shape index (κ3) is 62.6. The molecule has 9 heteroatoms. The minimum atomic E-state index is -1.52. The zero-order valence-electron chi connectivity index (χ0n) is 53.2. The number of esters is 2. The summed E-state index contributed by atoms with van der Waals surface area (Å²) < 4.78 is 23.0. The van der Waals surface area contributed by atoms with E-state index >= 15 is 0 Å². The first-order valence-electron chi connectivity index (χ1n) is 34.0. The van der Waals surface area contributed by atoms with Crippen LogP contribution in [0.5, 0.6) is 0 Å². The van der Waals surface area contributed by atoms with E-state index in [9.17, 15) is 19.5 Å². The lowest BCUT2D eigenvalue weighted by molar-refractivity contribution is -0.870. The summed E-state index contributed by atoms with van der Waals surface area (Å²) in [6, 6.07) is 0. The fourth-order valence-electron chi connectivity index (χ4n) is 9.87. The summed E-state index contributed by atoms with van der Waals surface area (Å²) in [5, 5.41) is 9.73. The lowest BCUT2D eigenvalue weighted by Gasteiger charge is -2.25. The van der Waals surface area contributed by atoms with Crippen LogP contribution >= 0.6 is 0 Å². The summed E-state index contributed by atoms with van der Waals surface area (Å²) in [5.74, 6) is -2.01. The molecule has 0 aromatic carbocycles. The quantitative estimate of drug-likeness (QED) is 0.0211. The second-order valence-corrected chi connectivity index (χ2v) is 24.1. The van der Waals surface area contributed by atoms with Gasteiger partial charge in [0.2, 0.25) is 0 Å². The third-order valence-electron chi connectivity index (χ3n) is 15.0. The number of allylic oxidation sites excluding steroid dienone is 10. The molecule has 0 saturated carbocycles. The Bertz CT molecular complexity index is 1500. The summed E-state index contributed by atoms with van der Waals surface area (Å²) in [5.41, 5.74) is 0. The fraction of sp³-hybridized carbons (Fsp3) is 0.817. The van der Waals surface area contributed by atoms with Gasteiger partial charge in [0.25, 0.3) is 6.29 Å². The van der Waals surface area contributed by atoms with E-state index < -0.39 is 24.3 Å². The zero-order chi connectivity index (χ0) is 58.3. The molecule has 466 valence electrons. The van der Waals surface area contributed by atoms with Crippen molar-refractivity contribution < 1.29 is 42.9 Å². The van der Waals surface area contributed by atoms with Crippen molar-refractivity contribution in [3.05, 3.63) is 60.8 Å². The van der Waals surface area contributed by atoms with Crippen molar-refractivity contribution in [2.24, 2.45) is 0 Å². The van der Waals surface area contributed by atoms with Crippen molar-refractivity contribution in [1.29, 1.82) is 0 Å². The summed E-state index contributed by atoms with van der Waals surface area (Å²) in [6.07, 6.45) is 77.7. The molecule has 2 unspecified atom stereocenters.